The molecule has 168 valence electrons. The molecular weight excluding hydrogens is 453 g/mol. The fourth-order valence-electron chi connectivity index (χ4n) is 3.21. The summed E-state index contributed by atoms with van der Waals surface area (Å²) >= 11 is -0.270. The number of carbonyl (C=O) groups is 1. The number of benzene rings is 2. The van der Waals surface area contributed by atoms with Crippen molar-refractivity contribution in [2.45, 2.75) is 34.6 Å². The zero-order valence-electron chi connectivity index (χ0n) is 16.6. The highest BCUT2D eigenvalue weighted by Gasteiger charge is 2.30. The molecule has 11 heteroatoms. The summed E-state index contributed by atoms with van der Waals surface area (Å²) in [5.41, 5.74) is -4.04. The highest BCUT2D eigenvalue weighted by atomic mass is 32.2. The van der Waals surface area contributed by atoms with Gasteiger partial charge in [-0.2, -0.15) is 17.5 Å². The largest absolute Gasteiger partial charge is 0.495 e. The van der Waals surface area contributed by atoms with E-state index < -0.39 is 21.4 Å². The molecule has 0 bridgehead atoms. The van der Waals surface area contributed by atoms with Crippen LogP contribution in [0.25, 0.3) is 0 Å². The second-order valence-corrected chi connectivity index (χ2v) is 9.90. The summed E-state index contributed by atoms with van der Waals surface area (Å²) in [4.78, 5) is 12.4. The van der Waals surface area contributed by atoms with Gasteiger partial charge in [0.1, 0.15) is 10.6 Å². The number of sulfonamides is 1. The summed E-state index contributed by atoms with van der Waals surface area (Å²) in [6.45, 7) is 0.842. The molecule has 1 amide bonds. The number of amides is 1. The molecule has 1 saturated heterocycles. The number of hydrogen-bond donors (Lipinski definition) is 1. The minimum absolute atomic E-state index is 0.0385. The third-order valence-electron chi connectivity index (χ3n) is 4.70. The lowest BCUT2D eigenvalue weighted by Gasteiger charge is -2.26. The monoisotopic (exact) mass is 474 g/mol. The maximum absolute atomic E-state index is 13.1. The van der Waals surface area contributed by atoms with E-state index in [0.717, 1.165) is 19.3 Å². The highest BCUT2D eigenvalue weighted by Crippen LogP contribution is 2.37. The van der Waals surface area contributed by atoms with Crippen molar-refractivity contribution in [3.05, 3.63) is 48.0 Å². The molecule has 31 heavy (non-hydrogen) atoms. The first-order valence-corrected chi connectivity index (χ1v) is 11.7. The van der Waals surface area contributed by atoms with E-state index in [2.05, 4.69) is 5.32 Å². The van der Waals surface area contributed by atoms with Crippen molar-refractivity contribution < 1.29 is 31.1 Å². The minimum Gasteiger partial charge on any atom is -0.495 e. The molecule has 0 atom stereocenters. The quantitative estimate of drug-likeness (QED) is 0.613. The molecule has 3 rings (SSSR count). The Balaban J connectivity index is 1.80. The van der Waals surface area contributed by atoms with Crippen LogP contribution in [-0.2, 0) is 10.0 Å². The van der Waals surface area contributed by atoms with E-state index in [0.29, 0.717) is 13.1 Å². The van der Waals surface area contributed by atoms with Crippen LogP contribution in [0.5, 0.6) is 5.75 Å². The van der Waals surface area contributed by atoms with E-state index in [1.165, 1.54) is 53.9 Å². The third kappa shape index (κ3) is 5.92. The number of halogens is 3. The predicted molar refractivity (Wildman–Crippen MR) is 112 cm³/mol. The second-order valence-electron chi connectivity index (χ2n) is 6.86. The first kappa shape index (κ1) is 23.4. The molecule has 0 saturated carbocycles. The van der Waals surface area contributed by atoms with Crippen LogP contribution < -0.4 is 10.1 Å². The number of nitrogens with one attached hydrogen (secondary N) is 1. The van der Waals surface area contributed by atoms with Crippen LogP contribution in [0.3, 0.4) is 0 Å². The molecule has 0 unspecified atom stereocenters. The van der Waals surface area contributed by atoms with Crippen molar-refractivity contribution in [3.8, 4) is 5.75 Å². The van der Waals surface area contributed by atoms with E-state index in [4.69, 9.17) is 4.74 Å². The van der Waals surface area contributed by atoms with Gasteiger partial charge >= 0.3 is 5.51 Å². The number of alkyl halides is 3. The fraction of sp³-hybridized carbons (Fsp3) is 0.350. The van der Waals surface area contributed by atoms with Crippen molar-refractivity contribution in [1.29, 1.82) is 0 Å². The van der Waals surface area contributed by atoms with Crippen molar-refractivity contribution in [3.63, 3.8) is 0 Å². The lowest BCUT2D eigenvalue weighted by Crippen LogP contribution is -2.35. The second kappa shape index (κ2) is 9.49. The summed E-state index contributed by atoms with van der Waals surface area (Å²) in [6.07, 6.45) is 2.53. The van der Waals surface area contributed by atoms with Crippen molar-refractivity contribution in [2.75, 3.05) is 25.5 Å². The Labute approximate surface area is 182 Å². The molecule has 0 radical (unpaired) electrons. The lowest BCUT2D eigenvalue weighted by molar-refractivity contribution is -0.0328. The van der Waals surface area contributed by atoms with Crippen LogP contribution in [0, 0.1) is 0 Å². The van der Waals surface area contributed by atoms with Crippen LogP contribution >= 0.6 is 11.8 Å². The summed E-state index contributed by atoms with van der Waals surface area (Å²) in [5, 5.41) is 2.59. The summed E-state index contributed by atoms with van der Waals surface area (Å²) < 4.78 is 70.1. The van der Waals surface area contributed by atoms with Gasteiger partial charge in [-0.15, -0.1) is 0 Å². The number of piperidine rings is 1. The summed E-state index contributed by atoms with van der Waals surface area (Å²) in [7, 11) is -2.44. The average molecular weight is 475 g/mol. The molecule has 1 N–H and O–H groups in total. The van der Waals surface area contributed by atoms with E-state index >= 15 is 0 Å². The Morgan fingerprint density at radius 1 is 1.06 bits per heavy atom. The zero-order chi connectivity index (χ0) is 22.6. The number of nitrogens with zero attached hydrogens (tertiary/aromatic N) is 1. The van der Waals surface area contributed by atoms with Crippen LogP contribution in [0.4, 0.5) is 18.9 Å². The van der Waals surface area contributed by atoms with Crippen molar-refractivity contribution >= 4 is 33.4 Å². The Morgan fingerprint density at radius 3 is 2.29 bits per heavy atom. The molecule has 1 aliphatic heterocycles. The predicted octanol–water partition coefficient (Wildman–Crippen LogP) is 4.73. The van der Waals surface area contributed by atoms with Crippen LogP contribution in [0.1, 0.15) is 29.6 Å². The van der Waals surface area contributed by atoms with Crippen molar-refractivity contribution in [2.24, 2.45) is 0 Å². The third-order valence-corrected chi connectivity index (χ3v) is 7.36. The van der Waals surface area contributed by atoms with E-state index in [-0.39, 0.29) is 38.6 Å². The van der Waals surface area contributed by atoms with Gasteiger partial charge in [-0.1, -0.05) is 6.42 Å². The van der Waals surface area contributed by atoms with E-state index in [1.807, 2.05) is 0 Å². The Hall–Kier alpha value is -2.24. The number of rotatable bonds is 6. The Bertz CT molecular complexity index is 1040. The molecule has 6 nitrogen and oxygen atoms in total. The van der Waals surface area contributed by atoms with Crippen LogP contribution in [0.15, 0.2) is 52.3 Å². The minimum atomic E-state index is -4.41. The van der Waals surface area contributed by atoms with E-state index in [1.54, 1.807) is 0 Å². The number of hydrogen-bond acceptors (Lipinski definition) is 5. The summed E-state index contributed by atoms with van der Waals surface area (Å²) in [5.74, 6) is -0.410. The molecule has 0 aromatic heterocycles. The number of methoxy groups -OCH3 is 1. The van der Waals surface area contributed by atoms with Gasteiger partial charge in [0.05, 0.1) is 7.11 Å². The first-order valence-electron chi connectivity index (χ1n) is 9.45. The average Bonchev–Trinajstić information content (AvgIpc) is 2.73. The zero-order valence-corrected chi connectivity index (χ0v) is 18.2. The molecule has 2 aromatic carbocycles. The number of anilines is 1. The Morgan fingerprint density at radius 2 is 1.71 bits per heavy atom. The molecule has 0 spiro atoms. The maximum Gasteiger partial charge on any atom is 0.446 e. The van der Waals surface area contributed by atoms with Gasteiger partial charge in [-0.25, -0.2) is 8.42 Å². The Kier molecular flexibility index (Phi) is 7.17. The van der Waals surface area contributed by atoms with Gasteiger partial charge in [0.2, 0.25) is 10.0 Å². The SMILES string of the molecule is COc1ccc(NC(=O)c2ccc(SC(F)(F)F)cc2)cc1S(=O)(=O)N1CCCCC1. The molecule has 1 fully saturated rings. The number of carbonyl (C=O) groups excluding carboxylic acids is 1. The summed E-state index contributed by atoms with van der Waals surface area (Å²) in [6, 6.07) is 9.24. The molecular formula is C20H21F3N2O4S2. The van der Waals surface area contributed by atoms with Gasteiger partial charge in [0, 0.05) is 29.2 Å². The van der Waals surface area contributed by atoms with Gasteiger partial charge in [0.25, 0.3) is 5.91 Å². The van der Waals surface area contributed by atoms with Crippen LogP contribution in [0.2, 0.25) is 0 Å². The topological polar surface area (TPSA) is 75.7 Å². The van der Waals surface area contributed by atoms with Gasteiger partial charge in [-0.3, -0.25) is 4.79 Å². The van der Waals surface area contributed by atoms with Gasteiger partial charge < -0.3 is 10.1 Å². The van der Waals surface area contributed by atoms with E-state index in [9.17, 15) is 26.4 Å². The van der Waals surface area contributed by atoms with Crippen LogP contribution in [-0.4, -0.2) is 44.3 Å². The van der Waals surface area contributed by atoms with Gasteiger partial charge in [-0.05, 0) is 67.1 Å². The van der Waals surface area contributed by atoms with Gasteiger partial charge in [0.15, 0.2) is 0 Å². The lowest BCUT2D eigenvalue weighted by atomic mass is 10.2. The van der Waals surface area contributed by atoms with Crippen molar-refractivity contribution in [1.82, 2.24) is 4.31 Å². The maximum atomic E-state index is 13.1. The highest BCUT2D eigenvalue weighted by molar-refractivity contribution is 8.00. The molecule has 1 aliphatic rings. The normalized spacial score (nSPS) is 15.5. The number of thioether (sulfide) groups is 1. The standard InChI is InChI=1S/C20H21F3N2O4S2/c1-29-17-10-7-15(13-18(17)31(27,28)25-11-3-2-4-12-25)24-19(26)14-5-8-16(9-6-14)30-20(21,22)23/h5-10,13H,2-4,11-12H2,1H3,(H,24,26). The smallest absolute Gasteiger partial charge is 0.446 e. The fourth-order valence-corrected chi connectivity index (χ4v) is 5.45. The molecule has 0 aliphatic carbocycles. The number of ether oxygens (including phenoxy) is 1. The molecule has 2 aromatic rings. The first-order chi connectivity index (χ1) is 14.6. The molecule has 1 heterocycles.